The summed E-state index contributed by atoms with van der Waals surface area (Å²) >= 11 is 0. The van der Waals surface area contributed by atoms with E-state index in [2.05, 4.69) is 15.3 Å². The van der Waals surface area contributed by atoms with E-state index in [1.54, 1.807) is 19.9 Å². The van der Waals surface area contributed by atoms with Crippen molar-refractivity contribution in [1.29, 1.82) is 0 Å². The topological polar surface area (TPSA) is 107 Å². The summed E-state index contributed by atoms with van der Waals surface area (Å²) in [4.78, 5) is 29.9. The summed E-state index contributed by atoms with van der Waals surface area (Å²) in [7, 11) is 0. The van der Waals surface area contributed by atoms with Gasteiger partial charge in [-0.3, -0.25) is 20.2 Å². The van der Waals surface area contributed by atoms with Crippen LogP contribution in [0.2, 0.25) is 0 Å². The number of anilines is 1. The van der Waals surface area contributed by atoms with Gasteiger partial charge in [0.15, 0.2) is 6.61 Å². The lowest BCUT2D eigenvalue weighted by Crippen LogP contribution is -2.21. The van der Waals surface area contributed by atoms with E-state index in [9.17, 15) is 14.9 Å². The van der Waals surface area contributed by atoms with Crippen molar-refractivity contribution in [2.75, 3.05) is 11.9 Å². The number of carbonyl (C=O) groups excluding carboxylic acids is 1. The summed E-state index contributed by atoms with van der Waals surface area (Å²) in [5, 5.41) is 13.1. The van der Waals surface area contributed by atoms with Crippen LogP contribution in [-0.4, -0.2) is 27.4 Å². The van der Waals surface area contributed by atoms with Crippen molar-refractivity contribution in [3.05, 3.63) is 51.8 Å². The normalized spacial score (nSPS) is 10.1. The molecule has 114 valence electrons. The third-order valence-electron chi connectivity index (χ3n) is 2.65. The number of hydrogen-bond donors (Lipinski definition) is 1. The Morgan fingerprint density at radius 1 is 1.23 bits per heavy atom. The second kappa shape index (κ2) is 6.61. The van der Waals surface area contributed by atoms with Gasteiger partial charge >= 0.3 is 0 Å². The third-order valence-corrected chi connectivity index (χ3v) is 2.65. The second-order valence-corrected chi connectivity index (χ2v) is 4.56. The van der Waals surface area contributed by atoms with Crippen molar-refractivity contribution in [2.24, 2.45) is 0 Å². The molecule has 8 heteroatoms. The first-order chi connectivity index (χ1) is 10.4. The fourth-order valence-electron chi connectivity index (χ4n) is 1.76. The first-order valence-corrected chi connectivity index (χ1v) is 6.43. The average Bonchev–Trinajstić information content (AvgIpc) is 2.44. The summed E-state index contributed by atoms with van der Waals surface area (Å²) in [5.41, 5.74) is 1.46. The summed E-state index contributed by atoms with van der Waals surface area (Å²) < 4.78 is 5.25. The van der Waals surface area contributed by atoms with Gasteiger partial charge in [-0.05, 0) is 32.0 Å². The van der Waals surface area contributed by atoms with E-state index >= 15 is 0 Å². The van der Waals surface area contributed by atoms with Crippen LogP contribution in [0.15, 0.2) is 30.3 Å². The number of nitrogens with zero attached hydrogens (tertiary/aromatic N) is 3. The SMILES string of the molecule is Cc1cc(C)nc(NC(=O)COc2ccc([N+](=O)[O-])cc2)n1. The van der Waals surface area contributed by atoms with Crippen LogP contribution in [0.5, 0.6) is 5.75 Å². The number of nitrogens with one attached hydrogen (secondary N) is 1. The molecule has 0 aliphatic heterocycles. The third kappa shape index (κ3) is 4.23. The molecule has 2 rings (SSSR count). The standard InChI is InChI=1S/C14H14N4O4/c1-9-7-10(2)16-14(15-9)17-13(19)8-22-12-5-3-11(4-6-12)18(20)21/h3-7H,8H2,1-2H3,(H,15,16,17,19). The molecular formula is C14H14N4O4. The predicted molar refractivity (Wildman–Crippen MR) is 78.7 cm³/mol. The number of nitro benzene ring substituents is 1. The highest BCUT2D eigenvalue weighted by atomic mass is 16.6. The summed E-state index contributed by atoms with van der Waals surface area (Å²) in [6.45, 7) is 3.36. The van der Waals surface area contributed by atoms with Crippen LogP contribution in [0, 0.1) is 24.0 Å². The highest BCUT2D eigenvalue weighted by molar-refractivity contribution is 5.90. The zero-order valence-corrected chi connectivity index (χ0v) is 12.1. The first kappa shape index (κ1) is 15.4. The molecule has 22 heavy (non-hydrogen) atoms. The highest BCUT2D eigenvalue weighted by Crippen LogP contribution is 2.17. The maximum atomic E-state index is 11.8. The molecule has 0 atom stereocenters. The zero-order valence-electron chi connectivity index (χ0n) is 12.1. The molecule has 0 saturated heterocycles. The fourth-order valence-corrected chi connectivity index (χ4v) is 1.76. The van der Waals surface area contributed by atoms with Crippen LogP contribution in [0.25, 0.3) is 0 Å². The molecule has 1 heterocycles. The molecule has 0 fully saturated rings. The molecule has 8 nitrogen and oxygen atoms in total. The molecule has 1 amide bonds. The van der Waals surface area contributed by atoms with Crippen molar-refractivity contribution in [1.82, 2.24) is 9.97 Å². The van der Waals surface area contributed by atoms with Crippen LogP contribution in [0.1, 0.15) is 11.4 Å². The maximum Gasteiger partial charge on any atom is 0.269 e. The van der Waals surface area contributed by atoms with Gasteiger partial charge in [0.25, 0.3) is 11.6 Å². The van der Waals surface area contributed by atoms with E-state index in [4.69, 9.17) is 4.74 Å². The van der Waals surface area contributed by atoms with Gasteiger partial charge in [-0.2, -0.15) is 0 Å². The largest absolute Gasteiger partial charge is 0.484 e. The number of hydrogen-bond acceptors (Lipinski definition) is 6. The molecule has 0 aliphatic rings. The molecule has 1 aromatic carbocycles. The Bertz CT molecular complexity index is 680. The Hall–Kier alpha value is -3.03. The van der Waals surface area contributed by atoms with Gasteiger partial charge in [0.2, 0.25) is 5.95 Å². The fraction of sp³-hybridized carbons (Fsp3) is 0.214. The molecule has 0 saturated carbocycles. The minimum Gasteiger partial charge on any atom is -0.484 e. The van der Waals surface area contributed by atoms with E-state index in [1.165, 1.54) is 24.3 Å². The number of aryl methyl sites for hydroxylation is 2. The number of amides is 1. The summed E-state index contributed by atoms with van der Waals surface area (Å²) in [5.74, 6) is 0.167. The summed E-state index contributed by atoms with van der Waals surface area (Å²) in [6.07, 6.45) is 0. The Kier molecular flexibility index (Phi) is 4.62. The quantitative estimate of drug-likeness (QED) is 0.668. The Morgan fingerprint density at radius 2 is 1.82 bits per heavy atom. The van der Waals surface area contributed by atoms with Crippen LogP contribution in [0.4, 0.5) is 11.6 Å². The Balaban J connectivity index is 1.91. The van der Waals surface area contributed by atoms with Gasteiger partial charge in [0, 0.05) is 23.5 Å². The van der Waals surface area contributed by atoms with Gasteiger partial charge in [-0.1, -0.05) is 0 Å². The molecule has 0 unspecified atom stereocenters. The van der Waals surface area contributed by atoms with E-state index in [-0.39, 0.29) is 18.2 Å². The molecule has 0 aliphatic carbocycles. The molecule has 0 spiro atoms. The van der Waals surface area contributed by atoms with Gasteiger partial charge < -0.3 is 4.74 Å². The Morgan fingerprint density at radius 3 is 2.36 bits per heavy atom. The van der Waals surface area contributed by atoms with Crippen LogP contribution < -0.4 is 10.1 Å². The monoisotopic (exact) mass is 302 g/mol. The summed E-state index contributed by atoms with van der Waals surface area (Å²) in [6, 6.07) is 7.26. The van der Waals surface area contributed by atoms with Gasteiger partial charge in [0.05, 0.1) is 4.92 Å². The first-order valence-electron chi connectivity index (χ1n) is 6.43. The lowest BCUT2D eigenvalue weighted by molar-refractivity contribution is -0.384. The maximum absolute atomic E-state index is 11.8. The number of nitro groups is 1. The number of aromatic nitrogens is 2. The number of carbonyl (C=O) groups is 1. The van der Waals surface area contributed by atoms with Gasteiger partial charge in [-0.15, -0.1) is 0 Å². The molecule has 2 aromatic rings. The van der Waals surface area contributed by atoms with Crippen molar-refractivity contribution in [3.63, 3.8) is 0 Å². The average molecular weight is 302 g/mol. The number of benzene rings is 1. The van der Waals surface area contributed by atoms with Crippen molar-refractivity contribution in [3.8, 4) is 5.75 Å². The van der Waals surface area contributed by atoms with Crippen LogP contribution >= 0.6 is 0 Å². The van der Waals surface area contributed by atoms with Gasteiger partial charge in [-0.25, -0.2) is 9.97 Å². The smallest absolute Gasteiger partial charge is 0.269 e. The lowest BCUT2D eigenvalue weighted by Gasteiger charge is -2.07. The van der Waals surface area contributed by atoms with E-state index in [0.717, 1.165) is 11.4 Å². The van der Waals surface area contributed by atoms with E-state index < -0.39 is 10.8 Å². The lowest BCUT2D eigenvalue weighted by atomic mass is 10.3. The number of non-ortho nitro benzene ring substituents is 1. The highest BCUT2D eigenvalue weighted by Gasteiger charge is 2.08. The predicted octanol–water partition coefficient (Wildman–Crippen LogP) is 2.02. The molecule has 1 N–H and O–H groups in total. The van der Waals surface area contributed by atoms with Crippen molar-refractivity contribution in [2.45, 2.75) is 13.8 Å². The van der Waals surface area contributed by atoms with Gasteiger partial charge in [0.1, 0.15) is 5.75 Å². The van der Waals surface area contributed by atoms with E-state index in [0.29, 0.717) is 5.75 Å². The van der Waals surface area contributed by atoms with Crippen molar-refractivity contribution < 1.29 is 14.5 Å². The number of ether oxygens (including phenoxy) is 1. The minimum absolute atomic E-state index is 0.0413. The molecule has 0 radical (unpaired) electrons. The molecule has 0 bridgehead atoms. The zero-order chi connectivity index (χ0) is 16.1. The van der Waals surface area contributed by atoms with Crippen LogP contribution in [-0.2, 0) is 4.79 Å². The molecule has 1 aromatic heterocycles. The molecular weight excluding hydrogens is 288 g/mol. The van der Waals surface area contributed by atoms with Crippen LogP contribution in [0.3, 0.4) is 0 Å². The second-order valence-electron chi connectivity index (χ2n) is 4.56. The Labute approximate surface area is 126 Å². The number of rotatable bonds is 5. The minimum atomic E-state index is -0.506. The van der Waals surface area contributed by atoms with Crippen molar-refractivity contribution >= 4 is 17.5 Å². The van der Waals surface area contributed by atoms with E-state index in [1.807, 2.05) is 0 Å².